The van der Waals surface area contributed by atoms with Crippen molar-refractivity contribution >= 4 is 17.7 Å². The number of hydrogen-bond acceptors (Lipinski definition) is 7. The van der Waals surface area contributed by atoms with Crippen LogP contribution in [0, 0.1) is 0 Å². The van der Waals surface area contributed by atoms with Gasteiger partial charge in [-0.3, -0.25) is 4.79 Å². The molecule has 1 aliphatic rings. The first-order valence-corrected chi connectivity index (χ1v) is 5.85. The van der Waals surface area contributed by atoms with E-state index in [1.165, 1.54) is 4.68 Å². The number of nitrogens with two attached hydrogens (primary N) is 1. The summed E-state index contributed by atoms with van der Waals surface area (Å²) in [6, 6.07) is 3.20. The predicted molar refractivity (Wildman–Crippen MR) is 68.6 cm³/mol. The Morgan fingerprint density at radius 3 is 3.10 bits per heavy atom. The van der Waals surface area contributed by atoms with E-state index in [2.05, 4.69) is 20.6 Å². The second-order valence-corrected chi connectivity index (χ2v) is 4.17. The number of hydrogen-bond donors (Lipinski definition) is 2. The molecule has 0 radical (unpaired) electrons. The molecule has 2 aromatic heterocycles. The molecule has 3 heterocycles. The van der Waals surface area contributed by atoms with E-state index in [0.717, 1.165) is 0 Å². The molecule has 3 N–H and O–H groups in total. The smallest absolute Gasteiger partial charge is 0.411 e. The average molecular weight is 290 g/mol. The Labute approximate surface area is 117 Å². The Morgan fingerprint density at radius 1 is 1.52 bits per heavy atom. The zero-order valence-corrected chi connectivity index (χ0v) is 10.9. The number of rotatable bonds is 2. The fraction of sp³-hybridized carbons (Fsp3) is 0.182. The van der Waals surface area contributed by atoms with E-state index in [1.807, 2.05) is 0 Å². The number of pyridine rings is 1. The van der Waals surface area contributed by atoms with E-state index in [4.69, 9.17) is 15.2 Å². The molecule has 21 heavy (non-hydrogen) atoms. The first-order valence-electron chi connectivity index (χ1n) is 5.85. The lowest BCUT2D eigenvalue weighted by Gasteiger charge is -2.16. The van der Waals surface area contributed by atoms with Crippen LogP contribution < -0.4 is 20.5 Å². The van der Waals surface area contributed by atoms with Crippen molar-refractivity contribution in [1.82, 2.24) is 20.0 Å². The molecule has 108 valence electrons. The van der Waals surface area contributed by atoms with E-state index < -0.39 is 6.09 Å². The number of aryl methyl sites for hydroxylation is 1. The molecule has 0 aromatic carbocycles. The monoisotopic (exact) mass is 290 g/mol. The van der Waals surface area contributed by atoms with E-state index in [1.54, 1.807) is 19.2 Å². The topological polar surface area (TPSA) is 134 Å². The highest BCUT2D eigenvalue weighted by molar-refractivity contribution is 5.95. The van der Waals surface area contributed by atoms with Crippen LogP contribution in [0.1, 0.15) is 0 Å². The zero-order valence-electron chi connectivity index (χ0n) is 10.9. The van der Waals surface area contributed by atoms with Gasteiger partial charge in [-0.05, 0) is 12.1 Å². The van der Waals surface area contributed by atoms with Gasteiger partial charge in [-0.15, -0.1) is 5.10 Å². The molecule has 0 saturated carbocycles. The van der Waals surface area contributed by atoms with Crippen LogP contribution in [-0.2, 0) is 11.8 Å². The van der Waals surface area contributed by atoms with Crippen molar-refractivity contribution in [2.24, 2.45) is 12.8 Å². The minimum absolute atomic E-state index is 0.0646. The highest BCUT2D eigenvalue weighted by Gasteiger charge is 2.22. The minimum atomic E-state index is -0.983. The Balaban J connectivity index is 2.02. The van der Waals surface area contributed by atoms with Gasteiger partial charge in [-0.1, -0.05) is 5.21 Å². The summed E-state index contributed by atoms with van der Waals surface area (Å²) in [5.41, 5.74) is 6.06. The average Bonchev–Trinajstić information content (AvgIpc) is 2.79. The van der Waals surface area contributed by atoms with E-state index in [-0.39, 0.29) is 30.0 Å². The standard InChI is InChI=1S/C11H10N6O4/c1-17-10(21-11(12)19)8(15-16-17)5-2-3-6-9(14-5)20-4-7(18)13-6/h2-3H,4H2,1H3,(H2,12,19)(H,13,18). The Morgan fingerprint density at radius 2 is 2.33 bits per heavy atom. The molecule has 10 nitrogen and oxygen atoms in total. The number of carbonyl (C=O) groups excluding carboxylic acids is 2. The number of aromatic nitrogens is 4. The van der Waals surface area contributed by atoms with Gasteiger partial charge in [0.05, 0.1) is 0 Å². The van der Waals surface area contributed by atoms with E-state index in [0.29, 0.717) is 11.4 Å². The van der Waals surface area contributed by atoms with Crippen molar-refractivity contribution in [3.8, 4) is 23.1 Å². The molecule has 3 rings (SSSR count). The van der Waals surface area contributed by atoms with Gasteiger partial charge in [0, 0.05) is 7.05 Å². The molecular formula is C11H10N6O4. The van der Waals surface area contributed by atoms with Crippen LogP contribution >= 0.6 is 0 Å². The summed E-state index contributed by atoms with van der Waals surface area (Å²) >= 11 is 0. The molecule has 0 saturated heterocycles. The largest absolute Gasteiger partial charge is 0.466 e. The molecule has 0 aliphatic carbocycles. The third-order valence-electron chi connectivity index (χ3n) is 2.69. The summed E-state index contributed by atoms with van der Waals surface area (Å²) in [4.78, 5) is 26.3. The maximum atomic E-state index is 11.2. The molecule has 0 bridgehead atoms. The third-order valence-corrected chi connectivity index (χ3v) is 2.69. The van der Waals surface area contributed by atoms with Gasteiger partial charge in [0.25, 0.3) is 11.8 Å². The molecule has 10 heteroatoms. The lowest BCUT2D eigenvalue weighted by Crippen LogP contribution is -2.26. The predicted octanol–water partition coefficient (Wildman–Crippen LogP) is -0.335. The molecule has 0 spiro atoms. The normalized spacial score (nSPS) is 13.1. The number of carbonyl (C=O) groups is 2. The van der Waals surface area contributed by atoms with Gasteiger partial charge < -0.3 is 20.5 Å². The third kappa shape index (κ3) is 2.33. The molecule has 0 unspecified atom stereocenters. The Kier molecular flexibility index (Phi) is 2.90. The van der Waals surface area contributed by atoms with Crippen molar-refractivity contribution in [1.29, 1.82) is 0 Å². The first kappa shape index (κ1) is 12.8. The SMILES string of the molecule is Cn1nnc(-c2ccc3c(n2)OCC(=O)N3)c1OC(N)=O. The van der Waals surface area contributed by atoms with E-state index >= 15 is 0 Å². The summed E-state index contributed by atoms with van der Waals surface area (Å²) in [5, 5.41) is 10.2. The lowest BCUT2D eigenvalue weighted by atomic mass is 10.2. The summed E-state index contributed by atoms with van der Waals surface area (Å²) in [7, 11) is 1.55. The number of ether oxygens (including phenoxy) is 2. The number of fused-ring (bicyclic) bond motifs is 1. The van der Waals surface area contributed by atoms with Crippen molar-refractivity contribution in [2.45, 2.75) is 0 Å². The quantitative estimate of drug-likeness (QED) is 0.772. The second-order valence-electron chi connectivity index (χ2n) is 4.17. The molecule has 1 aliphatic heterocycles. The Hall–Kier alpha value is -3.17. The van der Waals surface area contributed by atoms with Gasteiger partial charge in [0.1, 0.15) is 11.4 Å². The van der Waals surface area contributed by atoms with Crippen molar-refractivity contribution in [3.05, 3.63) is 12.1 Å². The summed E-state index contributed by atoms with van der Waals surface area (Å²) < 4.78 is 11.3. The van der Waals surface area contributed by atoms with Crippen LogP contribution in [0.4, 0.5) is 10.5 Å². The Bertz CT molecular complexity index is 740. The van der Waals surface area contributed by atoms with Gasteiger partial charge in [-0.2, -0.15) is 0 Å². The summed E-state index contributed by atoms with van der Waals surface area (Å²) in [6.45, 7) is -0.117. The number of amides is 2. The maximum Gasteiger partial charge on any atom is 0.411 e. The van der Waals surface area contributed by atoms with Crippen molar-refractivity contribution in [3.63, 3.8) is 0 Å². The maximum absolute atomic E-state index is 11.2. The fourth-order valence-electron chi connectivity index (χ4n) is 1.82. The number of anilines is 1. The number of nitrogens with zero attached hydrogens (tertiary/aromatic N) is 4. The first-order chi connectivity index (χ1) is 10.0. The highest BCUT2D eigenvalue weighted by atomic mass is 16.6. The zero-order chi connectivity index (χ0) is 15.0. The van der Waals surface area contributed by atoms with Gasteiger partial charge in [-0.25, -0.2) is 14.5 Å². The molecule has 2 aromatic rings. The summed E-state index contributed by atoms with van der Waals surface area (Å²) in [5.74, 6) is 0.0619. The highest BCUT2D eigenvalue weighted by Crippen LogP contribution is 2.31. The van der Waals surface area contributed by atoms with Crippen LogP contribution in [-0.4, -0.2) is 38.6 Å². The van der Waals surface area contributed by atoms with Gasteiger partial charge in [0.2, 0.25) is 5.88 Å². The van der Waals surface area contributed by atoms with Crippen LogP contribution in [0.15, 0.2) is 12.1 Å². The molecule has 2 amide bonds. The fourth-order valence-corrected chi connectivity index (χ4v) is 1.82. The van der Waals surface area contributed by atoms with E-state index in [9.17, 15) is 9.59 Å². The van der Waals surface area contributed by atoms with Crippen LogP contribution in [0.25, 0.3) is 11.4 Å². The molecule has 0 fully saturated rings. The molecule has 0 atom stereocenters. The van der Waals surface area contributed by atoms with Crippen molar-refractivity contribution in [2.75, 3.05) is 11.9 Å². The molecular weight excluding hydrogens is 280 g/mol. The summed E-state index contributed by atoms with van der Waals surface area (Å²) in [6.07, 6.45) is -0.983. The minimum Gasteiger partial charge on any atom is -0.466 e. The van der Waals surface area contributed by atoms with Crippen LogP contribution in [0.2, 0.25) is 0 Å². The van der Waals surface area contributed by atoms with Gasteiger partial charge >= 0.3 is 6.09 Å². The number of primary amides is 1. The number of nitrogens with one attached hydrogen (secondary N) is 1. The lowest BCUT2D eigenvalue weighted by molar-refractivity contribution is -0.118. The van der Waals surface area contributed by atoms with Gasteiger partial charge in [0.15, 0.2) is 12.3 Å². The van der Waals surface area contributed by atoms with Crippen molar-refractivity contribution < 1.29 is 19.1 Å². The second kappa shape index (κ2) is 4.74. The van der Waals surface area contributed by atoms with Crippen LogP contribution in [0.3, 0.4) is 0 Å². The van der Waals surface area contributed by atoms with Crippen LogP contribution in [0.5, 0.6) is 11.8 Å².